The van der Waals surface area contributed by atoms with Crippen LogP contribution in [0.2, 0.25) is 0 Å². The van der Waals surface area contributed by atoms with Crippen molar-refractivity contribution in [1.29, 1.82) is 5.26 Å². The van der Waals surface area contributed by atoms with Crippen LogP contribution in [-0.2, 0) is 19.3 Å². The normalized spacial score (nSPS) is 13.4. The van der Waals surface area contributed by atoms with E-state index in [4.69, 9.17) is 5.26 Å². The average molecular weight is 223 g/mol. The molecule has 1 aliphatic carbocycles. The highest BCUT2D eigenvalue weighted by Gasteiger charge is 2.12. The molecule has 1 aromatic carbocycles. The lowest BCUT2D eigenvalue weighted by molar-refractivity contribution is 0.912. The molecule has 0 radical (unpaired) electrons. The third kappa shape index (κ3) is 1.83. The molecular weight excluding hydrogens is 210 g/mol. The van der Waals surface area contributed by atoms with E-state index in [1.54, 1.807) is 0 Å². The zero-order chi connectivity index (χ0) is 11.7. The van der Waals surface area contributed by atoms with Crippen LogP contribution in [-0.4, -0.2) is 9.97 Å². The van der Waals surface area contributed by atoms with Crippen molar-refractivity contribution >= 4 is 0 Å². The van der Waals surface area contributed by atoms with E-state index < -0.39 is 0 Å². The van der Waals surface area contributed by atoms with Gasteiger partial charge in [-0.25, -0.2) is 4.98 Å². The molecule has 17 heavy (non-hydrogen) atoms. The lowest BCUT2D eigenvalue weighted by Gasteiger charge is -2.02. The SMILES string of the molecule is N#CCc1ncc(-c2ccc3c(c2)CCC3)[nH]1. The van der Waals surface area contributed by atoms with Crippen LogP contribution in [0.25, 0.3) is 11.3 Å². The topological polar surface area (TPSA) is 52.5 Å². The Morgan fingerprint density at radius 2 is 2.18 bits per heavy atom. The molecule has 0 amide bonds. The number of hydrogen-bond acceptors (Lipinski definition) is 2. The fourth-order valence-corrected chi connectivity index (χ4v) is 2.41. The molecule has 3 heteroatoms. The van der Waals surface area contributed by atoms with Gasteiger partial charge in [0.15, 0.2) is 0 Å². The van der Waals surface area contributed by atoms with Crippen molar-refractivity contribution in [3.63, 3.8) is 0 Å². The van der Waals surface area contributed by atoms with Crippen LogP contribution in [0, 0.1) is 11.3 Å². The third-order valence-electron chi connectivity index (χ3n) is 3.28. The fourth-order valence-electron chi connectivity index (χ4n) is 2.41. The van der Waals surface area contributed by atoms with Crippen LogP contribution in [0.3, 0.4) is 0 Å². The predicted octanol–water partition coefficient (Wildman–Crippen LogP) is 2.63. The summed E-state index contributed by atoms with van der Waals surface area (Å²) in [6.07, 6.45) is 5.80. The van der Waals surface area contributed by atoms with Gasteiger partial charge in [0.25, 0.3) is 0 Å². The number of nitrogens with one attached hydrogen (secondary N) is 1. The molecule has 2 aromatic rings. The smallest absolute Gasteiger partial charge is 0.120 e. The molecule has 1 N–H and O–H groups in total. The standard InChI is InChI=1S/C14H13N3/c15-7-6-14-16-9-13(17-14)12-5-4-10-2-1-3-11(10)8-12/h4-5,8-9H,1-3,6H2,(H,16,17). The van der Waals surface area contributed by atoms with Crippen LogP contribution in [0.15, 0.2) is 24.4 Å². The zero-order valence-corrected chi connectivity index (χ0v) is 9.53. The monoisotopic (exact) mass is 223 g/mol. The Morgan fingerprint density at radius 3 is 3.06 bits per heavy atom. The van der Waals surface area contributed by atoms with E-state index in [9.17, 15) is 0 Å². The summed E-state index contributed by atoms with van der Waals surface area (Å²) >= 11 is 0. The molecule has 0 atom stereocenters. The van der Waals surface area contributed by atoms with E-state index in [1.807, 2.05) is 6.20 Å². The minimum Gasteiger partial charge on any atom is -0.341 e. The predicted molar refractivity (Wildman–Crippen MR) is 65.4 cm³/mol. The quantitative estimate of drug-likeness (QED) is 0.850. The first kappa shape index (κ1) is 10.1. The van der Waals surface area contributed by atoms with Crippen molar-refractivity contribution in [2.45, 2.75) is 25.7 Å². The highest BCUT2D eigenvalue weighted by Crippen LogP contribution is 2.27. The highest BCUT2D eigenvalue weighted by molar-refractivity contribution is 5.61. The number of hydrogen-bond donors (Lipinski definition) is 1. The Bertz CT molecular complexity index is 590. The van der Waals surface area contributed by atoms with Crippen molar-refractivity contribution in [2.75, 3.05) is 0 Å². The van der Waals surface area contributed by atoms with Crippen LogP contribution in [0.1, 0.15) is 23.4 Å². The fraction of sp³-hybridized carbons (Fsp3) is 0.286. The molecule has 0 bridgehead atoms. The first-order valence-electron chi connectivity index (χ1n) is 5.90. The van der Waals surface area contributed by atoms with Crippen LogP contribution in [0.5, 0.6) is 0 Å². The van der Waals surface area contributed by atoms with Crippen LogP contribution >= 0.6 is 0 Å². The molecular formula is C14H13N3. The van der Waals surface area contributed by atoms with Crippen molar-refractivity contribution in [1.82, 2.24) is 9.97 Å². The molecule has 3 nitrogen and oxygen atoms in total. The van der Waals surface area contributed by atoms with Gasteiger partial charge >= 0.3 is 0 Å². The largest absolute Gasteiger partial charge is 0.341 e. The number of imidazole rings is 1. The van der Waals surface area contributed by atoms with Gasteiger partial charge in [-0.05, 0) is 42.0 Å². The second kappa shape index (κ2) is 4.06. The molecule has 3 rings (SSSR count). The summed E-state index contributed by atoms with van der Waals surface area (Å²) in [5.74, 6) is 0.739. The lowest BCUT2D eigenvalue weighted by atomic mass is 10.1. The Kier molecular flexibility index (Phi) is 2.41. The number of nitriles is 1. The van der Waals surface area contributed by atoms with Crippen molar-refractivity contribution in [3.8, 4) is 17.3 Å². The molecule has 1 aromatic heterocycles. The van der Waals surface area contributed by atoms with Gasteiger partial charge in [-0.1, -0.05) is 12.1 Å². The minimum atomic E-state index is 0.338. The molecule has 1 heterocycles. The summed E-state index contributed by atoms with van der Waals surface area (Å²) in [5.41, 5.74) is 5.11. The first-order chi connectivity index (χ1) is 8.36. The number of aryl methyl sites for hydroxylation is 2. The maximum Gasteiger partial charge on any atom is 0.120 e. The number of rotatable bonds is 2. The Morgan fingerprint density at radius 1 is 1.29 bits per heavy atom. The molecule has 0 spiro atoms. The Labute approximate surface area is 100 Å². The minimum absolute atomic E-state index is 0.338. The van der Waals surface area contributed by atoms with Crippen LogP contribution in [0.4, 0.5) is 0 Å². The van der Waals surface area contributed by atoms with E-state index in [0.29, 0.717) is 6.42 Å². The van der Waals surface area contributed by atoms with E-state index in [1.165, 1.54) is 36.0 Å². The average Bonchev–Trinajstić information content (AvgIpc) is 2.96. The van der Waals surface area contributed by atoms with Gasteiger partial charge in [-0.3, -0.25) is 0 Å². The Balaban J connectivity index is 1.95. The number of aromatic nitrogens is 2. The summed E-state index contributed by atoms with van der Waals surface area (Å²) in [6, 6.07) is 8.68. The molecule has 0 unspecified atom stereocenters. The molecule has 1 aliphatic rings. The van der Waals surface area contributed by atoms with Gasteiger partial charge in [-0.2, -0.15) is 5.26 Å². The number of benzene rings is 1. The second-order valence-electron chi connectivity index (χ2n) is 4.42. The molecule has 0 saturated heterocycles. The first-order valence-corrected chi connectivity index (χ1v) is 5.90. The zero-order valence-electron chi connectivity index (χ0n) is 9.53. The maximum atomic E-state index is 8.62. The third-order valence-corrected chi connectivity index (χ3v) is 3.28. The lowest BCUT2D eigenvalue weighted by Crippen LogP contribution is -1.86. The van der Waals surface area contributed by atoms with Gasteiger partial charge in [0.2, 0.25) is 0 Å². The molecule has 0 aliphatic heterocycles. The number of fused-ring (bicyclic) bond motifs is 1. The van der Waals surface area contributed by atoms with Gasteiger partial charge in [0.05, 0.1) is 24.4 Å². The summed E-state index contributed by atoms with van der Waals surface area (Å²) in [5, 5.41) is 8.62. The molecule has 0 fully saturated rings. The van der Waals surface area contributed by atoms with Gasteiger partial charge in [-0.15, -0.1) is 0 Å². The summed E-state index contributed by atoms with van der Waals surface area (Å²) in [7, 11) is 0. The summed E-state index contributed by atoms with van der Waals surface area (Å²) in [4.78, 5) is 7.39. The Hall–Kier alpha value is -2.08. The number of aromatic amines is 1. The number of H-pyrrole nitrogens is 1. The highest BCUT2D eigenvalue weighted by atomic mass is 14.9. The molecule has 0 saturated carbocycles. The molecule has 84 valence electrons. The van der Waals surface area contributed by atoms with Crippen molar-refractivity contribution < 1.29 is 0 Å². The van der Waals surface area contributed by atoms with Gasteiger partial charge in [0, 0.05) is 0 Å². The maximum absolute atomic E-state index is 8.62. The van der Waals surface area contributed by atoms with E-state index in [0.717, 1.165) is 11.5 Å². The van der Waals surface area contributed by atoms with Crippen LogP contribution < -0.4 is 0 Å². The second-order valence-corrected chi connectivity index (χ2v) is 4.42. The van der Waals surface area contributed by atoms with Crippen molar-refractivity contribution in [2.24, 2.45) is 0 Å². The van der Waals surface area contributed by atoms with E-state index in [2.05, 4.69) is 34.2 Å². The summed E-state index contributed by atoms with van der Waals surface area (Å²) in [6.45, 7) is 0. The van der Waals surface area contributed by atoms with Crippen molar-refractivity contribution in [3.05, 3.63) is 41.3 Å². The van der Waals surface area contributed by atoms with Gasteiger partial charge in [0.1, 0.15) is 5.82 Å². The van der Waals surface area contributed by atoms with E-state index in [-0.39, 0.29) is 0 Å². The summed E-state index contributed by atoms with van der Waals surface area (Å²) < 4.78 is 0. The van der Waals surface area contributed by atoms with E-state index >= 15 is 0 Å². The number of nitrogens with zero attached hydrogens (tertiary/aromatic N) is 2. The van der Waals surface area contributed by atoms with Gasteiger partial charge < -0.3 is 4.98 Å².